The standard InChI is InChI=1S/C19H12ClN3O4S/c1-10-8-17-13(9-12(10)20)21-19(28-17)22-18(24)16-7-6-15(27-16)11-4-2-3-5-14(11)23(25)26/h2-9H,1H3,(H,21,22,24). The minimum absolute atomic E-state index is 0.0293. The molecule has 0 fully saturated rings. The molecule has 0 radical (unpaired) electrons. The number of amides is 1. The summed E-state index contributed by atoms with van der Waals surface area (Å²) in [5, 5.41) is 14.9. The second-order valence-corrected chi connectivity index (χ2v) is 7.42. The van der Waals surface area contributed by atoms with Crippen molar-refractivity contribution in [1.82, 2.24) is 4.98 Å². The summed E-state index contributed by atoms with van der Waals surface area (Å²) in [5.41, 5.74) is 1.82. The number of thiazole rings is 1. The molecule has 1 amide bonds. The molecule has 1 N–H and O–H groups in total. The number of furan rings is 1. The van der Waals surface area contributed by atoms with Crippen LogP contribution in [0.3, 0.4) is 0 Å². The maximum absolute atomic E-state index is 12.5. The van der Waals surface area contributed by atoms with Crippen molar-refractivity contribution >= 4 is 49.9 Å². The lowest BCUT2D eigenvalue weighted by atomic mass is 10.1. The molecule has 0 saturated heterocycles. The maximum atomic E-state index is 12.5. The number of nitrogens with zero attached hydrogens (tertiary/aromatic N) is 2. The summed E-state index contributed by atoms with van der Waals surface area (Å²) in [7, 11) is 0. The Hall–Kier alpha value is -3.23. The second-order valence-electron chi connectivity index (χ2n) is 5.98. The van der Waals surface area contributed by atoms with Crippen molar-refractivity contribution in [2.45, 2.75) is 6.92 Å². The Morgan fingerprint density at radius 2 is 2.04 bits per heavy atom. The molecule has 0 spiro atoms. The summed E-state index contributed by atoms with van der Waals surface area (Å²) in [6, 6.07) is 12.8. The lowest BCUT2D eigenvalue weighted by Gasteiger charge is -2.00. The van der Waals surface area contributed by atoms with E-state index in [1.165, 1.54) is 29.5 Å². The van der Waals surface area contributed by atoms with Gasteiger partial charge in [-0.3, -0.25) is 20.2 Å². The average molecular weight is 414 g/mol. The number of carbonyl (C=O) groups is 1. The van der Waals surface area contributed by atoms with Crippen LogP contribution in [0.15, 0.2) is 52.9 Å². The fraction of sp³-hybridized carbons (Fsp3) is 0.0526. The quantitative estimate of drug-likeness (QED) is 0.343. The van der Waals surface area contributed by atoms with Gasteiger partial charge in [0, 0.05) is 11.1 Å². The fourth-order valence-corrected chi connectivity index (χ4v) is 3.81. The van der Waals surface area contributed by atoms with Gasteiger partial charge in [0.2, 0.25) is 0 Å². The van der Waals surface area contributed by atoms with Crippen LogP contribution < -0.4 is 5.32 Å². The van der Waals surface area contributed by atoms with E-state index < -0.39 is 10.8 Å². The molecule has 0 aliphatic carbocycles. The molecule has 7 nitrogen and oxygen atoms in total. The van der Waals surface area contributed by atoms with Gasteiger partial charge in [0.05, 0.1) is 20.7 Å². The Bertz CT molecular complexity index is 1190. The monoisotopic (exact) mass is 413 g/mol. The van der Waals surface area contributed by atoms with Gasteiger partial charge in [-0.2, -0.15) is 0 Å². The third kappa shape index (κ3) is 3.35. The Kier molecular flexibility index (Phi) is 4.58. The minimum atomic E-state index is -0.494. The Labute approximate surface area is 167 Å². The molecule has 9 heteroatoms. The molecule has 4 aromatic rings. The zero-order valence-corrected chi connectivity index (χ0v) is 16.0. The molecular formula is C19H12ClN3O4S. The summed E-state index contributed by atoms with van der Waals surface area (Å²) >= 11 is 7.43. The van der Waals surface area contributed by atoms with Crippen LogP contribution in [0.2, 0.25) is 5.02 Å². The van der Waals surface area contributed by atoms with Crippen molar-refractivity contribution < 1.29 is 14.1 Å². The number of halogens is 1. The van der Waals surface area contributed by atoms with Crippen LogP contribution in [-0.2, 0) is 0 Å². The van der Waals surface area contributed by atoms with Gasteiger partial charge in [-0.25, -0.2) is 4.98 Å². The predicted molar refractivity (Wildman–Crippen MR) is 108 cm³/mol. The van der Waals surface area contributed by atoms with E-state index in [-0.39, 0.29) is 17.2 Å². The normalized spacial score (nSPS) is 10.9. The van der Waals surface area contributed by atoms with E-state index in [0.717, 1.165) is 10.3 Å². The lowest BCUT2D eigenvalue weighted by molar-refractivity contribution is -0.384. The van der Waals surface area contributed by atoms with E-state index in [9.17, 15) is 14.9 Å². The number of nitrogens with one attached hydrogen (secondary N) is 1. The minimum Gasteiger partial charge on any atom is -0.451 e. The summed E-state index contributed by atoms with van der Waals surface area (Å²) in [5.74, 6) is -0.225. The van der Waals surface area contributed by atoms with Crippen LogP contribution in [0.4, 0.5) is 10.8 Å². The molecule has 0 saturated carbocycles. The highest BCUT2D eigenvalue weighted by Crippen LogP contribution is 2.32. The Morgan fingerprint density at radius 1 is 1.25 bits per heavy atom. The highest BCUT2D eigenvalue weighted by molar-refractivity contribution is 7.22. The van der Waals surface area contributed by atoms with Crippen LogP contribution in [0.25, 0.3) is 21.5 Å². The van der Waals surface area contributed by atoms with E-state index in [2.05, 4.69) is 10.3 Å². The SMILES string of the molecule is Cc1cc2sc(NC(=O)c3ccc(-c4ccccc4[N+](=O)[O-])o3)nc2cc1Cl. The Morgan fingerprint density at radius 3 is 2.82 bits per heavy atom. The number of fused-ring (bicyclic) bond motifs is 1. The van der Waals surface area contributed by atoms with Gasteiger partial charge in [-0.15, -0.1) is 0 Å². The number of carbonyl (C=O) groups excluding carboxylic acids is 1. The first kappa shape index (κ1) is 18.1. The summed E-state index contributed by atoms with van der Waals surface area (Å²) in [6.45, 7) is 1.90. The van der Waals surface area contributed by atoms with E-state index in [4.69, 9.17) is 16.0 Å². The first-order chi connectivity index (χ1) is 13.4. The van der Waals surface area contributed by atoms with Crippen molar-refractivity contribution in [3.8, 4) is 11.3 Å². The zero-order valence-electron chi connectivity index (χ0n) is 14.4. The third-order valence-corrected chi connectivity index (χ3v) is 5.43. The number of hydrogen-bond acceptors (Lipinski definition) is 6. The smallest absolute Gasteiger partial charge is 0.293 e. The topological polar surface area (TPSA) is 98.3 Å². The van der Waals surface area contributed by atoms with E-state index >= 15 is 0 Å². The number of nitro groups is 1. The molecule has 4 rings (SSSR count). The van der Waals surface area contributed by atoms with E-state index in [1.54, 1.807) is 24.3 Å². The lowest BCUT2D eigenvalue weighted by Crippen LogP contribution is -2.10. The molecule has 140 valence electrons. The van der Waals surface area contributed by atoms with Crippen LogP contribution in [-0.4, -0.2) is 15.8 Å². The molecule has 2 aromatic heterocycles. The van der Waals surface area contributed by atoms with Crippen LogP contribution in [0.1, 0.15) is 16.1 Å². The third-order valence-electron chi connectivity index (χ3n) is 4.09. The maximum Gasteiger partial charge on any atom is 0.293 e. The second kappa shape index (κ2) is 7.06. The van der Waals surface area contributed by atoms with E-state index in [1.807, 2.05) is 13.0 Å². The number of anilines is 1. The summed E-state index contributed by atoms with van der Waals surface area (Å²) in [4.78, 5) is 27.5. The van der Waals surface area contributed by atoms with Crippen LogP contribution in [0, 0.1) is 17.0 Å². The zero-order chi connectivity index (χ0) is 19.8. The van der Waals surface area contributed by atoms with Gasteiger partial charge in [0.25, 0.3) is 11.6 Å². The molecular weight excluding hydrogens is 402 g/mol. The number of aryl methyl sites for hydroxylation is 1. The number of para-hydroxylation sites is 1. The molecule has 2 aromatic carbocycles. The highest BCUT2D eigenvalue weighted by Gasteiger charge is 2.20. The number of nitro benzene ring substituents is 1. The number of rotatable bonds is 4. The number of benzene rings is 2. The molecule has 0 unspecified atom stereocenters. The molecule has 0 atom stereocenters. The molecule has 2 heterocycles. The summed E-state index contributed by atoms with van der Waals surface area (Å²) < 4.78 is 6.45. The van der Waals surface area contributed by atoms with Gasteiger partial charge < -0.3 is 4.42 Å². The van der Waals surface area contributed by atoms with Crippen molar-refractivity contribution in [2.24, 2.45) is 0 Å². The van der Waals surface area contributed by atoms with Crippen molar-refractivity contribution in [3.05, 3.63) is 75.0 Å². The highest BCUT2D eigenvalue weighted by atomic mass is 35.5. The van der Waals surface area contributed by atoms with Gasteiger partial charge in [-0.1, -0.05) is 35.1 Å². The molecule has 28 heavy (non-hydrogen) atoms. The summed E-state index contributed by atoms with van der Waals surface area (Å²) in [6.07, 6.45) is 0. The van der Waals surface area contributed by atoms with Gasteiger partial charge in [0.15, 0.2) is 10.9 Å². The molecule has 0 bridgehead atoms. The molecule has 0 aliphatic rings. The van der Waals surface area contributed by atoms with Gasteiger partial charge >= 0.3 is 0 Å². The van der Waals surface area contributed by atoms with E-state index in [0.29, 0.717) is 21.2 Å². The van der Waals surface area contributed by atoms with Crippen molar-refractivity contribution in [1.29, 1.82) is 0 Å². The largest absolute Gasteiger partial charge is 0.451 e. The van der Waals surface area contributed by atoms with Crippen molar-refractivity contribution in [3.63, 3.8) is 0 Å². The van der Waals surface area contributed by atoms with Crippen LogP contribution in [0.5, 0.6) is 0 Å². The predicted octanol–water partition coefficient (Wildman–Crippen LogP) is 5.68. The van der Waals surface area contributed by atoms with Gasteiger partial charge in [-0.05, 0) is 42.8 Å². The first-order valence-corrected chi connectivity index (χ1v) is 9.33. The first-order valence-electron chi connectivity index (χ1n) is 8.14. The Balaban J connectivity index is 1.60. The number of hydrogen-bond donors (Lipinski definition) is 1. The molecule has 0 aliphatic heterocycles. The van der Waals surface area contributed by atoms with Gasteiger partial charge in [0.1, 0.15) is 5.76 Å². The van der Waals surface area contributed by atoms with Crippen molar-refractivity contribution in [2.75, 3.05) is 5.32 Å². The van der Waals surface area contributed by atoms with Crippen LogP contribution >= 0.6 is 22.9 Å². The average Bonchev–Trinajstić information content (AvgIpc) is 3.29. The fourth-order valence-electron chi connectivity index (χ4n) is 2.71. The number of aromatic nitrogens is 1.